The van der Waals surface area contributed by atoms with Crippen molar-refractivity contribution in [2.24, 2.45) is 0 Å². The molecule has 2 N–H and O–H groups in total. The molecule has 1 saturated heterocycles. The van der Waals surface area contributed by atoms with Crippen molar-refractivity contribution < 1.29 is 9.59 Å². The Morgan fingerprint density at radius 2 is 2.18 bits per heavy atom. The van der Waals surface area contributed by atoms with Crippen molar-refractivity contribution in [2.45, 2.75) is 25.4 Å². The van der Waals surface area contributed by atoms with Crippen LogP contribution >= 0.6 is 11.3 Å². The highest BCUT2D eigenvalue weighted by Crippen LogP contribution is 2.29. The second-order valence-electron chi connectivity index (χ2n) is 5.63. The van der Waals surface area contributed by atoms with Crippen molar-refractivity contribution in [3.8, 4) is 0 Å². The second-order valence-corrected chi connectivity index (χ2v) is 6.54. The molecule has 1 aromatic carbocycles. The normalized spacial score (nSPS) is 19.5. The molecule has 1 fully saturated rings. The summed E-state index contributed by atoms with van der Waals surface area (Å²) in [6, 6.07) is 7.34. The first-order valence-electron chi connectivity index (χ1n) is 7.34. The fourth-order valence-corrected chi connectivity index (χ4v) is 3.82. The average molecular weight is 317 g/mol. The van der Waals surface area contributed by atoms with E-state index in [4.69, 9.17) is 0 Å². The van der Waals surface area contributed by atoms with Gasteiger partial charge in [-0.2, -0.15) is 0 Å². The third-order valence-corrected chi connectivity index (χ3v) is 5.04. The molecule has 2 aromatic rings. The number of amides is 3. The number of likely N-dealkylation sites (tertiary alicyclic amines) is 1. The van der Waals surface area contributed by atoms with Crippen LogP contribution in [0.3, 0.4) is 0 Å². The molecule has 0 aliphatic carbocycles. The summed E-state index contributed by atoms with van der Waals surface area (Å²) in [5, 5.41) is 8.92. The summed E-state index contributed by atoms with van der Waals surface area (Å²) in [6.07, 6.45) is 0.665. The Morgan fingerprint density at radius 1 is 1.41 bits per heavy atom. The number of urea groups is 1. The van der Waals surface area contributed by atoms with Crippen LogP contribution in [0, 0.1) is 0 Å². The van der Waals surface area contributed by atoms with E-state index in [0.717, 1.165) is 10.9 Å². The van der Waals surface area contributed by atoms with Crippen LogP contribution in [0.4, 0.5) is 4.79 Å². The predicted octanol–water partition coefficient (Wildman–Crippen LogP) is 2.49. The molecular weight excluding hydrogens is 298 g/mol. The molecule has 6 heteroatoms. The van der Waals surface area contributed by atoms with E-state index in [1.807, 2.05) is 19.1 Å². The molecule has 0 bridgehead atoms. The average Bonchev–Trinajstić information content (AvgIpc) is 3.06. The number of hydrogen-bond donors (Lipinski definition) is 2. The Hall–Kier alpha value is -2.08. The number of benzene rings is 1. The standard InChI is InChI=1S/C16H19N3O2S/c1-10(12-9-22-14-6-4-3-5-11(12)14)17-16(21)18-13-7-8-19(2)15(13)20/h3-6,9-10,13H,7-8H2,1-2H3,(H2,17,18,21)/t10-,13-/m1/s1. The Labute approximate surface area is 133 Å². The minimum absolute atomic E-state index is 0.0243. The van der Waals surface area contributed by atoms with Gasteiger partial charge < -0.3 is 15.5 Å². The van der Waals surface area contributed by atoms with E-state index >= 15 is 0 Å². The minimum atomic E-state index is -0.406. The van der Waals surface area contributed by atoms with Crippen molar-refractivity contribution in [1.29, 1.82) is 0 Å². The van der Waals surface area contributed by atoms with Crippen molar-refractivity contribution in [1.82, 2.24) is 15.5 Å². The fourth-order valence-electron chi connectivity index (χ4n) is 2.76. The van der Waals surface area contributed by atoms with Crippen LogP contribution in [0.2, 0.25) is 0 Å². The smallest absolute Gasteiger partial charge is 0.315 e. The summed E-state index contributed by atoms with van der Waals surface area (Å²) >= 11 is 1.67. The molecule has 0 unspecified atom stereocenters. The number of fused-ring (bicyclic) bond motifs is 1. The van der Waals surface area contributed by atoms with Gasteiger partial charge >= 0.3 is 6.03 Å². The van der Waals surface area contributed by atoms with Crippen LogP contribution in [0.1, 0.15) is 24.9 Å². The van der Waals surface area contributed by atoms with Crippen LogP contribution in [-0.2, 0) is 4.79 Å². The number of rotatable bonds is 3. The summed E-state index contributed by atoms with van der Waals surface area (Å²) in [7, 11) is 1.75. The van der Waals surface area contributed by atoms with Gasteiger partial charge in [0.05, 0.1) is 6.04 Å². The lowest BCUT2D eigenvalue weighted by Gasteiger charge is -2.17. The topological polar surface area (TPSA) is 61.4 Å². The van der Waals surface area contributed by atoms with Crippen LogP contribution < -0.4 is 10.6 Å². The molecule has 3 rings (SSSR count). The zero-order chi connectivity index (χ0) is 15.7. The van der Waals surface area contributed by atoms with Crippen molar-refractivity contribution in [3.63, 3.8) is 0 Å². The van der Waals surface area contributed by atoms with E-state index in [1.165, 1.54) is 4.70 Å². The summed E-state index contributed by atoms with van der Waals surface area (Å²) in [4.78, 5) is 25.6. The molecule has 1 aromatic heterocycles. The monoisotopic (exact) mass is 317 g/mol. The third-order valence-electron chi connectivity index (χ3n) is 4.06. The number of hydrogen-bond acceptors (Lipinski definition) is 3. The first-order chi connectivity index (χ1) is 10.6. The number of likely N-dealkylation sites (N-methyl/N-ethyl adjacent to an activating group) is 1. The minimum Gasteiger partial charge on any atom is -0.344 e. The largest absolute Gasteiger partial charge is 0.344 e. The number of carbonyl (C=O) groups excluding carboxylic acids is 2. The molecule has 2 heterocycles. The van der Waals surface area contributed by atoms with Gasteiger partial charge in [0.25, 0.3) is 0 Å². The molecule has 2 atom stereocenters. The maximum atomic E-state index is 12.1. The van der Waals surface area contributed by atoms with E-state index in [1.54, 1.807) is 23.3 Å². The first-order valence-corrected chi connectivity index (χ1v) is 8.22. The van der Waals surface area contributed by atoms with E-state index in [2.05, 4.69) is 28.1 Å². The second kappa shape index (κ2) is 5.96. The third kappa shape index (κ3) is 2.78. The van der Waals surface area contributed by atoms with E-state index in [9.17, 15) is 9.59 Å². The Bertz CT molecular complexity index is 712. The highest BCUT2D eigenvalue weighted by molar-refractivity contribution is 7.17. The Morgan fingerprint density at radius 3 is 2.91 bits per heavy atom. The van der Waals surface area contributed by atoms with Gasteiger partial charge in [0.15, 0.2) is 0 Å². The predicted molar refractivity (Wildman–Crippen MR) is 87.9 cm³/mol. The maximum Gasteiger partial charge on any atom is 0.315 e. The lowest BCUT2D eigenvalue weighted by Crippen LogP contribution is -2.46. The van der Waals surface area contributed by atoms with Gasteiger partial charge in [-0.3, -0.25) is 4.79 Å². The quantitative estimate of drug-likeness (QED) is 0.913. The van der Waals surface area contributed by atoms with Gasteiger partial charge in [-0.15, -0.1) is 11.3 Å². The fraction of sp³-hybridized carbons (Fsp3) is 0.375. The zero-order valence-electron chi connectivity index (χ0n) is 12.6. The van der Waals surface area contributed by atoms with Gasteiger partial charge in [-0.1, -0.05) is 18.2 Å². The molecule has 0 radical (unpaired) electrons. The van der Waals surface area contributed by atoms with Gasteiger partial charge in [0.2, 0.25) is 5.91 Å². The van der Waals surface area contributed by atoms with Crippen molar-refractivity contribution >= 4 is 33.4 Å². The summed E-state index contributed by atoms with van der Waals surface area (Å²) in [5.74, 6) is -0.0243. The lowest BCUT2D eigenvalue weighted by molar-refractivity contribution is -0.128. The zero-order valence-corrected chi connectivity index (χ0v) is 13.4. The Kier molecular flexibility index (Phi) is 4.02. The van der Waals surface area contributed by atoms with Crippen LogP contribution in [0.5, 0.6) is 0 Å². The van der Waals surface area contributed by atoms with E-state index in [0.29, 0.717) is 13.0 Å². The molecule has 0 spiro atoms. The highest BCUT2D eigenvalue weighted by atomic mass is 32.1. The number of carbonyl (C=O) groups is 2. The molecule has 1 aliphatic heterocycles. The molecule has 22 heavy (non-hydrogen) atoms. The summed E-state index contributed by atoms with van der Waals surface area (Å²) in [5.41, 5.74) is 1.10. The highest BCUT2D eigenvalue weighted by Gasteiger charge is 2.30. The molecule has 5 nitrogen and oxygen atoms in total. The van der Waals surface area contributed by atoms with Crippen LogP contribution in [0.25, 0.3) is 10.1 Å². The number of thiophene rings is 1. The maximum absolute atomic E-state index is 12.1. The lowest BCUT2D eigenvalue weighted by atomic mass is 10.1. The summed E-state index contributed by atoms with van der Waals surface area (Å²) in [6.45, 7) is 2.64. The van der Waals surface area contributed by atoms with Gasteiger partial charge in [-0.05, 0) is 35.7 Å². The molecule has 0 saturated carbocycles. The van der Waals surface area contributed by atoms with E-state index < -0.39 is 6.04 Å². The van der Waals surface area contributed by atoms with Crippen LogP contribution in [0.15, 0.2) is 29.6 Å². The number of nitrogens with one attached hydrogen (secondary N) is 2. The van der Waals surface area contributed by atoms with Gasteiger partial charge in [0.1, 0.15) is 6.04 Å². The van der Waals surface area contributed by atoms with Crippen molar-refractivity contribution in [2.75, 3.05) is 13.6 Å². The Balaban J connectivity index is 1.65. The molecule has 3 amide bonds. The molecular formula is C16H19N3O2S. The van der Waals surface area contributed by atoms with Crippen molar-refractivity contribution in [3.05, 3.63) is 35.2 Å². The van der Waals surface area contributed by atoms with Gasteiger partial charge in [-0.25, -0.2) is 4.79 Å². The molecule has 1 aliphatic rings. The summed E-state index contributed by atoms with van der Waals surface area (Å²) < 4.78 is 1.21. The molecule has 116 valence electrons. The SMILES string of the molecule is C[C@@H](NC(=O)N[C@@H]1CCN(C)C1=O)c1csc2ccccc12. The first kappa shape index (κ1) is 14.8. The van der Waals surface area contributed by atoms with Gasteiger partial charge in [0, 0.05) is 18.3 Å². The number of nitrogens with zero attached hydrogens (tertiary/aromatic N) is 1. The van der Waals surface area contributed by atoms with Crippen LogP contribution in [-0.4, -0.2) is 36.5 Å². The van der Waals surface area contributed by atoms with E-state index in [-0.39, 0.29) is 18.0 Å².